The first-order valence-corrected chi connectivity index (χ1v) is 8.17. The van der Waals surface area contributed by atoms with Crippen LogP contribution in [0.2, 0.25) is 0 Å². The summed E-state index contributed by atoms with van der Waals surface area (Å²) in [4.78, 5) is 14.2. The molecule has 1 aliphatic heterocycles. The minimum atomic E-state index is -0.565. The van der Waals surface area contributed by atoms with Gasteiger partial charge in [-0.05, 0) is 57.5 Å². The Labute approximate surface area is 117 Å². The molecule has 2 rings (SSSR count). The lowest BCUT2D eigenvalue weighted by Gasteiger charge is -2.44. The van der Waals surface area contributed by atoms with Crippen LogP contribution in [-0.2, 0) is 4.79 Å². The summed E-state index contributed by atoms with van der Waals surface area (Å²) in [7, 11) is 0. The summed E-state index contributed by atoms with van der Waals surface area (Å²) >= 11 is 0. The number of carbonyl (C=O) groups is 1. The van der Waals surface area contributed by atoms with Crippen LogP contribution in [0.15, 0.2) is 0 Å². The first-order chi connectivity index (χ1) is 9.19. The Morgan fingerprint density at radius 3 is 2.21 bits per heavy atom. The smallest absolute Gasteiger partial charge is 0.324 e. The van der Waals surface area contributed by atoms with Crippen LogP contribution in [-0.4, -0.2) is 34.6 Å². The molecule has 0 aromatic rings. The van der Waals surface area contributed by atoms with Crippen molar-refractivity contribution < 1.29 is 9.90 Å². The van der Waals surface area contributed by atoms with Crippen molar-refractivity contribution in [3.8, 4) is 0 Å². The number of aliphatic carboxylic acids is 1. The maximum Gasteiger partial charge on any atom is 0.324 e. The van der Waals surface area contributed by atoms with Crippen molar-refractivity contribution in [2.24, 2.45) is 5.92 Å². The minimum absolute atomic E-state index is 0.533. The Morgan fingerprint density at radius 1 is 1.16 bits per heavy atom. The predicted molar refractivity (Wildman–Crippen MR) is 77.3 cm³/mol. The first kappa shape index (κ1) is 14.8. The highest BCUT2D eigenvalue weighted by Crippen LogP contribution is 2.39. The van der Waals surface area contributed by atoms with Crippen LogP contribution in [0.25, 0.3) is 0 Å². The maximum absolute atomic E-state index is 11.9. The van der Waals surface area contributed by atoms with E-state index in [1.54, 1.807) is 0 Å². The van der Waals surface area contributed by atoms with Gasteiger partial charge in [-0.3, -0.25) is 9.69 Å². The molecule has 1 heterocycles. The van der Waals surface area contributed by atoms with E-state index in [0.717, 1.165) is 44.7 Å². The molecule has 0 spiro atoms. The Hall–Kier alpha value is -0.570. The van der Waals surface area contributed by atoms with Gasteiger partial charge in [0.05, 0.1) is 0 Å². The van der Waals surface area contributed by atoms with E-state index in [9.17, 15) is 9.90 Å². The molecule has 0 unspecified atom stereocenters. The number of hydrogen-bond donors (Lipinski definition) is 1. The van der Waals surface area contributed by atoms with Crippen LogP contribution >= 0.6 is 0 Å². The molecule has 0 amide bonds. The van der Waals surface area contributed by atoms with E-state index in [2.05, 4.69) is 11.8 Å². The van der Waals surface area contributed by atoms with Gasteiger partial charge in [-0.15, -0.1) is 0 Å². The van der Waals surface area contributed by atoms with Crippen molar-refractivity contribution in [1.82, 2.24) is 4.90 Å². The van der Waals surface area contributed by atoms with E-state index >= 15 is 0 Å². The van der Waals surface area contributed by atoms with E-state index in [1.165, 1.54) is 38.5 Å². The molecule has 1 aliphatic carbocycles. The highest BCUT2D eigenvalue weighted by atomic mass is 16.4. The molecule has 0 bridgehead atoms. The molecule has 0 aromatic carbocycles. The van der Waals surface area contributed by atoms with Gasteiger partial charge in [-0.25, -0.2) is 0 Å². The molecule has 0 radical (unpaired) electrons. The topological polar surface area (TPSA) is 40.5 Å². The monoisotopic (exact) mass is 267 g/mol. The van der Waals surface area contributed by atoms with E-state index in [1.807, 2.05) is 0 Å². The molecular weight excluding hydrogens is 238 g/mol. The third-order valence-corrected chi connectivity index (χ3v) is 5.24. The SMILES string of the molecule is CCCC1CCC(C(=O)O)(N2CCCCCC2)CC1. The summed E-state index contributed by atoms with van der Waals surface area (Å²) in [5.74, 6) is 0.203. The lowest BCUT2D eigenvalue weighted by molar-refractivity contribution is -0.155. The molecular formula is C16H29NO2. The van der Waals surface area contributed by atoms with Crippen LogP contribution in [0.1, 0.15) is 71.1 Å². The van der Waals surface area contributed by atoms with Gasteiger partial charge in [0.15, 0.2) is 0 Å². The van der Waals surface area contributed by atoms with Crippen molar-refractivity contribution in [1.29, 1.82) is 0 Å². The summed E-state index contributed by atoms with van der Waals surface area (Å²) in [6.07, 6.45) is 11.3. The van der Waals surface area contributed by atoms with Crippen LogP contribution < -0.4 is 0 Å². The van der Waals surface area contributed by atoms with Gasteiger partial charge < -0.3 is 5.11 Å². The van der Waals surface area contributed by atoms with E-state index in [0.29, 0.717) is 0 Å². The Kier molecular flexibility index (Phi) is 5.26. The zero-order valence-corrected chi connectivity index (χ0v) is 12.4. The predicted octanol–water partition coefficient (Wildman–Crippen LogP) is 3.68. The lowest BCUT2D eigenvalue weighted by atomic mass is 9.74. The maximum atomic E-state index is 11.9. The first-order valence-electron chi connectivity index (χ1n) is 8.17. The lowest BCUT2D eigenvalue weighted by Crippen LogP contribution is -2.56. The van der Waals surface area contributed by atoms with E-state index in [-0.39, 0.29) is 0 Å². The molecule has 110 valence electrons. The zero-order chi connectivity index (χ0) is 13.7. The van der Waals surface area contributed by atoms with Gasteiger partial charge in [0.2, 0.25) is 0 Å². The number of nitrogens with zero attached hydrogens (tertiary/aromatic N) is 1. The normalized spacial score (nSPS) is 33.8. The third kappa shape index (κ3) is 3.31. The summed E-state index contributed by atoms with van der Waals surface area (Å²) in [6.45, 7) is 4.21. The van der Waals surface area contributed by atoms with Gasteiger partial charge >= 0.3 is 5.97 Å². The summed E-state index contributed by atoms with van der Waals surface area (Å²) in [6, 6.07) is 0. The third-order valence-electron chi connectivity index (χ3n) is 5.24. The average Bonchev–Trinajstić information content (AvgIpc) is 2.69. The van der Waals surface area contributed by atoms with E-state index < -0.39 is 11.5 Å². The highest BCUT2D eigenvalue weighted by molar-refractivity contribution is 5.79. The molecule has 1 N–H and O–H groups in total. The van der Waals surface area contributed by atoms with Crippen molar-refractivity contribution in [2.45, 2.75) is 76.7 Å². The molecule has 3 nitrogen and oxygen atoms in total. The molecule has 3 heteroatoms. The highest BCUT2D eigenvalue weighted by Gasteiger charge is 2.46. The zero-order valence-electron chi connectivity index (χ0n) is 12.4. The number of rotatable bonds is 4. The number of likely N-dealkylation sites (tertiary alicyclic amines) is 1. The molecule has 0 aromatic heterocycles. The average molecular weight is 267 g/mol. The van der Waals surface area contributed by atoms with Crippen LogP contribution in [0.4, 0.5) is 0 Å². The fourth-order valence-corrected chi connectivity index (χ4v) is 4.02. The summed E-state index contributed by atoms with van der Waals surface area (Å²) in [5.41, 5.74) is -0.533. The second-order valence-electron chi connectivity index (χ2n) is 6.47. The van der Waals surface area contributed by atoms with Crippen molar-refractivity contribution in [2.75, 3.05) is 13.1 Å². The standard InChI is InChI=1S/C16H29NO2/c1-2-7-14-8-10-16(11-9-14,15(18)19)17-12-5-3-4-6-13-17/h14H,2-13H2,1H3,(H,18,19). The van der Waals surface area contributed by atoms with Gasteiger partial charge in [0.25, 0.3) is 0 Å². The second kappa shape index (κ2) is 6.74. The number of hydrogen-bond acceptors (Lipinski definition) is 2. The Bertz CT molecular complexity index is 287. The molecule has 2 aliphatic rings. The van der Waals surface area contributed by atoms with Crippen molar-refractivity contribution >= 4 is 5.97 Å². The fourth-order valence-electron chi connectivity index (χ4n) is 4.02. The molecule has 1 saturated carbocycles. The second-order valence-corrected chi connectivity index (χ2v) is 6.47. The summed E-state index contributed by atoms with van der Waals surface area (Å²) < 4.78 is 0. The quantitative estimate of drug-likeness (QED) is 0.844. The van der Waals surface area contributed by atoms with Gasteiger partial charge in [0.1, 0.15) is 5.54 Å². The Balaban J connectivity index is 2.04. The Morgan fingerprint density at radius 2 is 1.74 bits per heavy atom. The van der Waals surface area contributed by atoms with Crippen molar-refractivity contribution in [3.05, 3.63) is 0 Å². The fraction of sp³-hybridized carbons (Fsp3) is 0.938. The molecule has 0 atom stereocenters. The summed E-state index contributed by atoms with van der Waals surface area (Å²) in [5, 5.41) is 9.81. The molecule has 1 saturated heterocycles. The van der Waals surface area contributed by atoms with Gasteiger partial charge in [-0.2, -0.15) is 0 Å². The van der Waals surface area contributed by atoms with Crippen molar-refractivity contribution in [3.63, 3.8) is 0 Å². The van der Waals surface area contributed by atoms with Crippen LogP contribution in [0.5, 0.6) is 0 Å². The minimum Gasteiger partial charge on any atom is -0.480 e. The molecule has 19 heavy (non-hydrogen) atoms. The number of carboxylic acid groups (broad SMARTS) is 1. The van der Waals surface area contributed by atoms with Crippen LogP contribution in [0.3, 0.4) is 0 Å². The van der Waals surface area contributed by atoms with Gasteiger partial charge in [0, 0.05) is 0 Å². The number of carboxylic acids is 1. The largest absolute Gasteiger partial charge is 0.480 e. The van der Waals surface area contributed by atoms with E-state index in [4.69, 9.17) is 0 Å². The van der Waals surface area contributed by atoms with Crippen LogP contribution in [0, 0.1) is 5.92 Å². The van der Waals surface area contributed by atoms with Gasteiger partial charge in [-0.1, -0.05) is 32.6 Å². The molecule has 2 fully saturated rings.